The van der Waals surface area contributed by atoms with E-state index in [0.717, 1.165) is 15.8 Å². The van der Waals surface area contributed by atoms with Crippen LogP contribution >= 0.6 is 11.3 Å². The van der Waals surface area contributed by atoms with Gasteiger partial charge in [-0.15, -0.1) is 0 Å². The van der Waals surface area contributed by atoms with Crippen LogP contribution in [0.5, 0.6) is 0 Å². The van der Waals surface area contributed by atoms with Crippen LogP contribution in [0.3, 0.4) is 0 Å². The molecule has 1 N–H and O–H groups in total. The van der Waals surface area contributed by atoms with Crippen molar-refractivity contribution < 1.29 is 9.59 Å². The number of hydrogen-bond donors (Lipinski definition) is 1. The quantitative estimate of drug-likeness (QED) is 0.790. The van der Waals surface area contributed by atoms with E-state index in [1.54, 1.807) is 0 Å². The number of carbonyl (C=O) groups excluding carboxylic acids is 2. The van der Waals surface area contributed by atoms with E-state index in [1.807, 2.05) is 66.2 Å². The molecule has 0 aliphatic rings. The Morgan fingerprint density at radius 2 is 1.79 bits per heavy atom. The summed E-state index contributed by atoms with van der Waals surface area (Å²) in [5, 5.41) is 2.62. The monoisotopic (exact) mass is 339 g/mol. The summed E-state index contributed by atoms with van der Waals surface area (Å²) in [6, 6.07) is 17.3. The summed E-state index contributed by atoms with van der Waals surface area (Å²) in [6.07, 6.45) is 0.255. The normalized spacial score (nSPS) is 11.6. The van der Waals surface area contributed by atoms with Crippen molar-refractivity contribution in [2.24, 2.45) is 12.0 Å². The number of para-hydroxylation sites is 1. The zero-order chi connectivity index (χ0) is 16.9. The van der Waals surface area contributed by atoms with Crippen LogP contribution in [0.2, 0.25) is 0 Å². The van der Waals surface area contributed by atoms with E-state index in [-0.39, 0.29) is 24.8 Å². The molecule has 0 radical (unpaired) electrons. The Balaban J connectivity index is 1.64. The van der Waals surface area contributed by atoms with Crippen LogP contribution in [0.4, 0.5) is 0 Å². The lowest BCUT2D eigenvalue weighted by molar-refractivity contribution is -0.124. The van der Waals surface area contributed by atoms with Gasteiger partial charge >= 0.3 is 0 Å². The minimum absolute atomic E-state index is 0.0973. The van der Waals surface area contributed by atoms with Gasteiger partial charge in [0.1, 0.15) is 0 Å². The molecule has 0 saturated carbocycles. The van der Waals surface area contributed by atoms with E-state index in [2.05, 4.69) is 10.3 Å². The number of rotatable bonds is 4. The van der Waals surface area contributed by atoms with E-state index in [0.29, 0.717) is 4.80 Å². The van der Waals surface area contributed by atoms with Gasteiger partial charge in [-0.1, -0.05) is 53.8 Å². The summed E-state index contributed by atoms with van der Waals surface area (Å²) in [6.45, 7) is -0.0973. The molecule has 0 saturated heterocycles. The van der Waals surface area contributed by atoms with Crippen LogP contribution in [0, 0.1) is 0 Å². The third-order valence-corrected chi connectivity index (χ3v) is 4.69. The number of benzene rings is 2. The molecule has 122 valence electrons. The van der Waals surface area contributed by atoms with Gasteiger partial charge in [-0.3, -0.25) is 9.59 Å². The fourth-order valence-corrected chi connectivity index (χ4v) is 3.39. The van der Waals surface area contributed by atoms with Gasteiger partial charge in [-0.2, -0.15) is 4.99 Å². The number of aryl methyl sites for hydroxylation is 1. The molecule has 5 nitrogen and oxygen atoms in total. The van der Waals surface area contributed by atoms with E-state index in [9.17, 15) is 9.59 Å². The molecule has 24 heavy (non-hydrogen) atoms. The predicted octanol–water partition coefficient (Wildman–Crippen LogP) is 2.03. The molecular weight excluding hydrogens is 322 g/mol. The van der Waals surface area contributed by atoms with Crippen LogP contribution in [0.25, 0.3) is 10.2 Å². The van der Waals surface area contributed by atoms with Gasteiger partial charge in [-0.05, 0) is 17.7 Å². The van der Waals surface area contributed by atoms with Crippen LogP contribution in [0.1, 0.15) is 5.56 Å². The second-order valence-electron chi connectivity index (χ2n) is 5.36. The van der Waals surface area contributed by atoms with Gasteiger partial charge < -0.3 is 9.88 Å². The van der Waals surface area contributed by atoms with Gasteiger partial charge in [-0.25, -0.2) is 0 Å². The maximum Gasteiger partial charge on any atom is 0.267 e. The molecule has 3 rings (SSSR count). The van der Waals surface area contributed by atoms with Crippen molar-refractivity contribution in [2.45, 2.75) is 6.42 Å². The second kappa shape index (κ2) is 7.23. The highest BCUT2D eigenvalue weighted by Crippen LogP contribution is 2.15. The highest BCUT2D eigenvalue weighted by Gasteiger charge is 2.07. The molecule has 0 unspecified atom stereocenters. The van der Waals surface area contributed by atoms with Crippen molar-refractivity contribution in [1.29, 1.82) is 0 Å². The highest BCUT2D eigenvalue weighted by molar-refractivity contribution is 7.16. The van der Waals surface area contributed by atoms with Crippen molar-refractivity contribution in [1.82, 2.24) is 9.88 Å². The summed E-state index contributed by atoms with van der Waals surface area (Å²) in [7, 11) is 1.87. The van der Waals surface area contributed by atoms with E-state index >= 15 is 0 Å². The van der Waals surface area contributed by atoms with Gasteiger partial charge in [0.25, 0.3) is 5.91 Å². The number of nitrogens with one attached hydrogen (secondary N) is 1. The number of nitrogens with zero attached hydrogens (tertiary/aromatic N) is 2. The van der Waals surface area contributed by atoms with E-state index < -0.39 is 0 Å². The average molecular weight is 339 g/mol. The number of thiazole rings is 1. The Kier molecular flexibility index (Phi) is 4.86. The second-order valence-corrected chi connectivity index (χ2v) is 6.37. The number of carbonyl (C=O) groups is 2. The van der Waals surface area contributed by atoms with Gasteiger partial charge in [0, 0.05) is 7.05 Å². The molecule has 0 aliphatic carbocycles. The Bertz CT molecular complexity index is 942. The number of amides is 2. The van der Waals surface area contributed by atoms with Crippen molar-refractivity contribution in [2.75, 3.05) is 6.54 Å². The van der Waals surface area contributed by atoms with Crippen molar-refractivity contribution in [3.8, 4) is 0 Å². The third kappa shape index (κ3) is 3.78. The Morgan fingerprint density at radius 1 is 1.08 bits per heavy atom. The summed E-state index contributed by atoms with van der Waals surface area (Å²) in [5.41, 5.74) is 1.94. The summed E-state index contributed by atoms with van der Waals surface area (Å²) >= 11 is 1.45. The largest absolute Gasteiger partial charge is 0.347 e. The number of hydrogen-bond acceptors (Lipinski definition) is 3. The summed E-state index contributed by atoms with van der Waals surface area (Å²) in [5.74, 6) is -0.552. The fourth-order valence-electron chi connectivity index (χ4n) is 2.35. The fraction of sp³-hybridized carbons (Fsp3) is 0.167. The SMILES string of the molecule is Cn1c(=NC(=O)CNC(=O)Cc2ccccc2)sc2ccccc21. The zero-order valence-corrected chi connectivity index (χ0v) is 14.0. The molecule has 1 heterocycles. The molecule has 0 fully saturated rings. The minimum Gasteiger partial charge on any atom is -0.347 e. The molecule has 2 aromatic carbocycles. The lowest BCUT2D eigenvalue weighted by atomic mass is 10.1. The maximum atomic E-state index is 12.0. The number of aromatic nitrogens is 1. The maximum absolute atomic E-state index is 12.0. The van der Waals surface area contributed by atoms with E-state index in [4.69, 9.17) is 0 Å². The molecule has 0 aliphatic heterocycles. The average Bonchev–Trinajstić information content (AvgIpc) is 2.90. The first-order chi connectivity index (χ1) is 11.6. The minimum atomic E-state index is -0.362. The molecule has 2 amide bonds. The smallest absolute Gasteiger partial charge is 0.267 e. The topological polar surface area (TPSA) is 63.5 Å². The van der Waals surface area contributed by atoms with Gasteiger partial charge in [0.05, 0.1) is 23.2 Å². The van der Waals surface area contributed by atoms with Crippen molar-refractivity contribution in [3.63, 3.8) is 0 Å². The molecule has 6 heteroatoms. The summed E-state index contributed by atoms with van der Waals surface area (Å²) in [4.78, 5) is 28.6. The Labute approximate surface area is 143 Å². The van der Waals surface area contributed by atoms with Crippen LogP contribution in [-0.2, 0) is 23.1 Å². The van der Waals surface area contributed by atoms with Gasteiger partial charge in [0.2, 0.25) is 5.91 Å². The Morgan fingerprint density at radius 3 is 2.54 bits per heavy atom. The van der Waals surface area contributed by atoms with E-state index in [1.165, 1.54) is 11.3 Å². The van der Waals surface area contributed by atoms with Gasteiger partial charge in [0.15, 0.2) is 4.80 Å². The standard InChI is InChI=1S/C18H17N3O2S/c1-21-14-9-5-6-10-15(14)24-18(21)20-17(23)12-19-16(22)11-13-7-3-2-4-8-13/h2-10H,11-12H2,1H3,(H,19,22). The molecule has 0 spiro atoms. The first-order valence-electron chi connectivity index (χ1n) is 7.56. The summed E-state index contributed by atoms with van der Waals surface area (Å²) < 4.78 is 2.95. The van der Waals surface area contributed by atoms with Crippen LogP contribution in [-0.4, -0.2) is 22.9 Å². The van der Waals surface area contributed by atoms with Crippen LogP contribution < -0.4 is 10.1 Å². The molecule has 0 bridgehead atoms. The molecule has 0 atom stereocenters. The first kappa shape index (κ1) is 16.1. The lowest BCUT2D eigenvalue weighted by Crippen LogP contribution is -2.31. The zero-order valence-electron chi connectivity index (χ0n) is 13.2. The van der Waals surface area contributed by atoms with Crippen molar-refractivity contribution in [3.05, 3.63) is 65.0 Å². The predicted molar refractivity (Wildman–Crippen MR) is 94.5 cm³/mol. The van der Waals surface area contributed by atoms with Crippen molar-refractivity contribution >= 4 is 33.4 Å². The molecular formula is C18H17N3O2S. The van der Waals surface area contributed by atoms with Crippen LogP contribution in [0.15, 0.2) is 59.6 Å². The third-order valence-electron chi connectivity index (χ3n) is 3.58. The highest BCUT2D eigenvalue weighted by atomic mass is 32.1. The Hall–Kier alpha value is -2.73. The molecule has 1 aromatic heterocycles. The molecule has 3 aromatic rings. The number of fused-ring (bicyclic) bond motifs is 1. The lowest BCUT2D eigenvalue weighted by Gasteiger charge is -2.02. The first-order valence-corrected chi connectivity index (χ1v) is 8.38.